The van der Waals surface area contributed by atoms with E-state index in [1.807, 2.05) is 0 Å². The molecule has 0 unspecified atom stereocenters. The molecular weight excluding hydrogens is 327 g/mol. The molecular formula is C11H9Cl3MgO4. The molecule has 0 saturated carbocycles. The Labute approximate surface area is 143 Å². The topological polar surface area (TPSA) is 52.6 Å². The van der Waals surface area contributed by atoms with Crippen molar-refractivity contribution in [2.24, 2.45) is 0 Å². The van der Waals surface area contributed by atoms with Crippen molar-refractivity contribution in [3.63, 3.8) is 0 Å². The predicted molar refractivity (Wildman–Crippen MR) is 76.2 cm³/mol. The molecule has 0 fully saturated rings. The van der Waals surface area contributed by atoms with E-state index in [-0.39, 0.29) is 46.7 Å². The van der Waals surface area contributed by atoms with Gasteiger partial charge in [0.1, 0.15) is 5.75 Å². The third-order valence-corrected chi connectivity index (χ3v) is 2.72. The molecule has 8 heteroatoms. The normalized spacial score (nSPS) is 9.21. The summed E-state index contributed by atoms with van der Waals surface area (Å²) < 4.78 is 9.34. The van der Waals surface area contributed by atoms with Gasteiger partial charge in [0, 0.05) is 12.1 Å². The molecule has 4 nitrogen and oxygen atoms in total. The zero-order valence-electron chi connectivity index (χ0n) is 11.6. The Morgan fingerprint density at radius 2 is 1.79 bits per heavy atom. The molecule has 0 aliphatic carbocycles. The van der Waals surface area contributed by atoms with Gasteiger partial charge in [0.2, 0.25) is 0 Å². The van der Waals surface area contributed by atoms with Crippen LogP contribution in [0.5, 0.6) is 5.75 Å². The summed E-state index contributed by atoms with van der Waals surface area (Å²) in [5.74, 6) is -1.57. The number of benzene rings is 1. The molecule has 1 aromatic rings. The maximum atomic E-state index is 11.1. The quantitative estimate of drug-likeness (QED) is 0.279. The summed E-state index contributed by atoms with van der Waals surface area (Å²) in [6, 6.07) is 2.73. The molecule has 100 valence electrons. The van der Waals surface area contributed by atoms with Crippen LogP contribution in [0.3, 0.4) is 0 Å². The van der Waals surface area contributed by atoms with Gasteiger partial charge in [0.25, 0.3) is 0 Å². The standard InChI is InChI=1S/C11H7Cl3O4.Mg.2H/c1-2-10(15)18-11(16)5-17-9-4-7(13)6(12)3-8(9)14;;;/h2-4H,1,5H2;;;/q;+2;2*-1. The second-order valence-corrected chi connectivity index (χ2v) is 4.20. The van der Waals surface area contributed by atoms with Gasteiger partial charge in [-0.05, 0) is 6.07 Å². The second-order valence-electron chi connectivity index (χ2n) is 2.98. The molecule has 0 aliphatic rings. The van der Waals surface area contributed by atoms with E-state index < -0.39 is 18.5 Å². The summed E-state index contributed by atoms with van der Waals surface area (Å²) >= 11 is 17.3. The molecule has 19 heavy (non-hydrogen) atoms. The molecule has 1 aromatic carbocycles. The van der Waals surface area contributed by atoms with Crippen molar-refractivity contribution in [1.82, 2.24) is 0 Å². The molecule has 0 N–H and O–H groups in total. The van der Waals surface area contributed by atoms with E-state index in [9.17, 15) is 9.59 Å². The average molecular weight is 336 g/mol. The van der Waals surface area contributed by atoms with Crippen LogP contribution in [0.25, 0.3) is 0 Å². The Bertz CT molecular complexity index is 514. The summed E-state index contributed by atoms with van der Waals surface area (Å²) in [4.78, 5) is 21.8. The van der Waals surface area contributed by atoms with Crippen LogP contribution < -0.4 is 4.74 Å². The van der Waals surface area contributed by atoms with Crippen LogP contribution in [0.1, 0.15) is 2.85 Å². The van der Waals surface area contributed by atoms with Gasteiger partial charge >= 0.3 is 35.0 Å². The van der Waals surface area contributed by atoms with E-state index in [4.69, 9.17) is 39.5 Å². The number of ether oxygens (including phenoxy) is 2. The number of hydrogen-bond donors (Lipinski definition) is 0. The first-order valence-corrected chi connectivity index (χ1v) is 5.72. The van der Waals surface area contributed by atoms with Crippen LogP contribution in [0, 0.1) is 0 Å². The van der Waals surface area contributed by atoms with E-state index >= 15 is 0 Å². The van der Waals surface area contributed by atoms with Crippen molar-refractivity contribution in [3.8, 4) is 5.75 Å². The fourth-order valence-electron chi connectivity index (χ4n) is 0.935. The number of esters is 2. The second kappa shape index (κ2) is 8.66. The van der Waals surface area contributed by atoms with E-state index in [0.717, 1.165) is 6.08 Å². The average Bonchev–Trinajstić information content (AvgIpc) is 2.32. The molecule has 0 atom stereocenters. The van der Waals surface area contributed by atoms with Gasteiger partial charge in [0.15, 0.2) is 6.61 Å². The van der Waals surface area contributed by atoms with Crippen molar-refractivity contribution in [3.05, 3.63) is 39.9 Å². The molecule has 0 aliphatic heterocycles. The summed E-state index contributed by atoms with van der Waals surface area (Å²) in [7, 11) is 0. The van der Waals surface area contributed by atoms with Gasteiger partial charge in [-0.3, -0.25) is 0 Å². The number of carbonyl (C=O) groups excluding carboxylic acids is 2. The zero-order chi connectivity index (χ0) is 13.7. The molecule has 1 rings (SSSR count). The minimum Gasteiger partial charge on any atom is -1.00 e. The maximum Gasteiger partial charge on any atom is 2.00 e. The first kappa shape index (κ1) is 18.5. The fraction of sp³-hybridized carbons (Fsp3) is 0.0909. The molecule has 0 amide bonds. The molecule has 0 spiro atoms. The van der Waals surface area contributed by atoms with Gasteiger partial charge in [-0.2, -0.15) is 0 Å². The summed E-state index contributed by atoms with van der Waals surface area (Å²) in [5, 5.41) is 0.678. The van der Waals surface area contributed by atoms with E-state index in [2.05, 4.69) is 11.3 Å². The van der Waals surface area contributed by atoms with Crippen molar-refractivity contribution >= 4 is 69.8 Å². The molecule has 0 heterocycles. The van der Waals surface area contributed by atoms with Gasteiger partial charge < -0.3 is 12.3 Å². The van der Waals surface area contributed by atoms with E-state index in [1.54, 1.807) is 0 Å². The third-order valence-electron chi connectivity index (χ3n) is 1.70. The van der Waals surface area contributed by atoms with Gasteiger partial charge in [-0.25, -0.2) is 9.59 Å². The van der Waals surface area contributed by atoms with Crippen LogP contribution in [0.2, 0.25) is 15.1 Å². The van der Waals surface area contributed by atoms with Gasteiger partial charge in [0.05, 0.1) is 15.1 Å². The van der Waals surface area contributed by atoms with Crippen LogP contribution in [-0.4, -0.2) is 41.6 Å². The van der Waals surface area contributed by atoms with Crippen LogP contribution in [0.15, 0.2) is 24.8 Å². The van der Waals surface area contributed by atoms with Crippen LogP contribution in [0.4, 0.5) is 0 Å². The number of hydrogen-bond acceptors (Lipinski definition) is 4. The maximum absolute atomic E-state index is 11.1. The third kappa shape index (κ3) is 6.01. The molecule has 0 aromatic heterocycles. The molecule has 0 bridgehead atoms. The van der Waals surface area contributed by atoms with Gasteiger partial charge in [-0.1, -0.05) is 41.4 Å². The Morgan fingerprint density at radius 3 is 2.37 bits per heavy atom. The number of rotatable bonds is 4. The Balaban J connectivity index is -0.00000108. The Hall–Kier alpha value is -0.464. The van der Waals surface area contributed by atoms with Crippen LogP contribution in [-0.2, 0) is 14.3 Å². The van der Waals surface area contributed by atoms with Crippen molar-refractivity contribution < 1.29 is 21.9 Å². The van der Waals surface area contributed by atoms with Crippen LogP contribution >= 0.6 is 34.8 Å². The van der Waals surface area contributed by atoms with Crippen molar-refractivity contribution in [1.29, 1.82) is 0 Å². The fourth-order valence-corrected chi connectivity index (χ4v) is 1.53. The largest absolute Gasteiger partial charge is 2.00 e. The monoisotopic (exact) mass is 334 g/mol. The summed E-state index contributed by atoms with van der Waals surface area (Å²) in [6.07, 6.45) is 0.865. The zero-order valence-corrected chi connectivity index (χ0v) is 13.3. The van der Waals surface area contributed by atoms with Gasteiger partial charge in [-0.15, -0.1) is 0 Å². The first-order valence-electron chi connectivity index (χ1n) is 4.58. The molecule has 0 saturated heterocycles. The van der Waals surface area contributed by atoms with E-state index in [1.165, 1.54) is 12.1 Å². The SMILES string of the molecule is C=CC(=O)OC(=O)COc1cc(Cl)c(Cl)cc1Cl.[H-].[H-].[Mg+2]. The smallest absolute Gasteiger partial charge is 1.00 e. The Morgan fingerprint density at radius 1 is 1.21 bits per heavy atom. The first-order chi connectivity index (χ1) is 8.43. The Kier molecular flexibility index (Phi) is 8.45. The minimum atomic E-state index is -0.873. The number of carbonyl (C=O) groups is 2. The summed E-state index contributed by atoms with van der Waals surface area (Å²) in [6.45, 7) is 2.66. The predicted octanol–water partition coefficient (Wildman–Crippen LogP) is 3.13. The van der Waals surface area contributed by atoms with E-state index in [0.29, 0.717) is 0 Å². The minimum absolute atomic E-state index is 0. The van der Waals surface area contributed by atoms with Crippen molar-refractivity contribution in [2.75, 3.05) is 6.61 Å². The number of halogens is 3. The summed E-state index contributed by atoms with van der Waals surface area (Å²) in [5.41, 5.74) is 0. The molecule has 0 radical (unpaired) electrons. The van der Waals surface area contributed by atoms with Crippen molar-refractivity contribution in [2.45, 2.75) is 0 Å².